The van der Waals surface area contributed by atoms with E-state index in [4.69, 9.17) is 4.74 Å². The average molecular weight is 317 g/mol. The van der Waals surface area contributed by atoms with Crippen LogP contribution < -0.4 is 4.74 Å². The smallest absolute Gasteiger partial charge is 0.358 e. The number of aryl methyl sites for hydroxylation is 1. The summed E-state index contributed by atoms with van der Waals surface area (Å²) in [7, 11) is 0. The Morgan fingerprint density at radius 2 is 1.91 bits per heavy atom. The number of carbonyl (C=O) groups is 1. The second-order valence-electron chi connectivity index (χ2n) is 5.57. The van der Waals surface area contributed by atoms with E-state index in [2.05, 4.69) is 18.8 Å². The van der Waals surface area contributed by atoms with Crippen LogP contribution in [0, 0.1) is 0 Å². The van der Waals surface area contributed by atoms with Crippen molar-refractivity contribution in [3.05, 3.63) is 29.6 Å². The fraction of sp³-hybridized carbons (Fsp3) is 0.444. The molecule has 0 aliphatic rings. The van der Waals surface area contributed by atoms with Crippen LogP contribution in [0.1, 0.15) is 55.7 Å². The first-order valence-electron chi connectivity index (χ1n) is 8.10. The standard InChI is InChI=1S/C18H23NO4/c1-3-5-7-15-13-9-8-12(23-10-6-4-2)11-14(13)17(20)16(19-15)18(21)22/h8-9,11,20H,3-7,10H2,1-2H3,(H,21,22). The number of hydrogen-bond donors (Lipinski definition) is 2. The SMILES string of the molecule is CCCCOc1ccc2c(CCCC)nc(C(=O)O)c(O)c2c1. The Labute approximate surface area is 135 Å². The molecular weight excluding hydrogens is 294 g/mol. The van der Waals surface area contributed by atoms with E-state index in [1.54, 1.807) is 6.07 Å². The van der Waals surface area contributed by atoms with E-state index in [0.717, 1.165) is 31.1 Å². The quantitative estimate of drug-likeness (QED) is 0.715. The van der Waals surface area contributed by atoms with Gasteiger partial charge in [0.15, 0.2) is 11.4 Å². The summed E-state index contributed by atoms with van der Waals surface area (Å²) in [6.07, 6.45) is 4.57. The van der Waals surface area contributed by atoms with Crippen LogP contribution in [0.15, 0.2) is 18.2 Å². The van der Waals surface area contributed by atoms with Crippen molar-refractivity contribution in [3.8, 4) is 11.5 Å². The molecule has 1 aromatic heterocycles. The topological polar surface area (TPSA) is 79.7 Å². The summed E-state index contributed by atoms with van der Waals surface area (Å²) in [6, 6.07) is 5.39. The molecule has 0 saturated heterocycles. The largest absolute Gasteiger partial charge is 0.505 e. The molecule has 5 nitrogen and oxygen atoms in total. The third kappa shape index (κ3) is 3.92. The van der Waals surface area contributed by atoms with Crippen LogP contribution in [-0.4, -0.2) is 27.8 Å². The number of nitrogens with zero attached hydrogens (tertiary/aromatic N) is 1. The van der Waals surface area contributed by atoms with Crippen molar-refractivity contribution < 1.29 is 19.7 Å². The molecule has 0 atom stereocenters. The van der Waals surface area contributed by atoms with E-state index >= 15 is 0 Å². The number of fused-ring (bicyclic) bond motifs is 1. The Balaban J connectivity index is 2.49. The predicted molar refractivity (Wildman–Crippen MR) is 89.4 cm³/mol. The maximum absolute atomic E-state index is 11.3. The highest BCUT2D eigenvalue weighted by atomic mass is 16.5. The van der Waals surface area contributed by atoms with E-state index in [1.165, 1.54) is 0 Å². The van der Waals surface area contributed by atoms with Crippen molar-refractivity contribution in [2.75, 3.05) is 6.61 Å². The first-order chi connectivity index (χ1) is 11.1. The zero-order chi connectivity index (χ0) is 16.8. The van der Waals surface area contributed by atoms with Crippen LogP contribution >= 0.6 is 0 Å². The first kappa shape index (κ1) is 17.1. The minimum absolute atomic E-state index is 0.297. The number of ether oxygens (including phenoxy) is 1. The summed E-state index contributed by atoms with van der Waals surface area (Å²) >= 11 is 0. The van der Waals surface area contributed by atoms with Crippen LogP contribution in [0.5, 0.6) is 11.5 Å². The van der Waals surface area contributed by atoms with Gasteiger partial charge in [0.25, 0.3) is 0 Å². The van der Waals surface area contributed by atoms with Gasteiger partial charge in [-0.2, -0.15) is 0 Å². The van der Waals surface area contributed by atoms with Gasteiger partial charge in [-0.25, -0.2) is 9.78 Å². The van der Waals surface area contributed by atoms with Gasteiger partial charge in [-0.15, -0.1) is 0 Å². The molecule has 2 N–H and O–H groups in total. The Bertz CT molecular complexity index is 697. The number of benzene rings is 1. The van der Waals surface area contributed by atoms with Gasteiger partial charge < -0.3 is 14.9 Å². The minimum Gasteiger partial charge on any atom is -0.505 e. The molecule has 0 aliphatic carbocycles. The van der Waals surface area contributed by atoms with Gasteiger partial charge in [-0.1, -0.05) is 26.7 Å². The number of aromatic hydroxyl groups is 1. The van der Waals surface area contributed by atoms with Crippen molar-refractivity contribution in [3.63, 3.8) is 0 Å². The van der Waals surface area contributed by atoms with Crippen molar-refractivity contribution >= 4 is 16.7 Å². The summed E-state index contributed by atoms with van der Waals surface area (Å²) in [5.74, 6) is -0.890. The van der Waals surface area contributed by atoms with E-state index in [-0.39, 0.29) is 11.4 Å². The van der Waals surface area contributed by atoms with Gasteiger partial charge in [0.1, 0.15) is 5.75 Å². The second-order valence-corrected chi connectivity index (χ2v) is 5.57. The zero-order valence-electron chi connectivity index (χ0n) is 13.6. The normalized spacial score (nSPS) is 10.9. The summed E-state index contributed by atoms with van der Waals surface area (Å²) in [5.41, 5.74) is 0.409. The molecule has 0 spiro atoms. The molecule has 0 bridgehead atoms. The molecule has 0 unspecified atom stereocenters. The fourth-order valence-electron chi connectivity index (χ4n) is 2.45. The van der Waals surface area contributed by atoms with Crippen LogP contribution in [0.25, 0.3) is 10.8 Å². The minimum atomic E-state index is -1.22. The van der Waals surface area contributed by atoms with Gasteiger partial charge in [-0.3, -0.25) is 0 Å². The highest BCUT2D eigenvalue weighted by Gasteiger charge is 2.18. The molecule has 1 heterocycles. The van der Waals surface area contributed by atoms with Gasteiger partial charge in [0.05, 0.1) is 6.61 Å². The molecule has 0 amide bonds. The van der Waals surface area contributed by atoms with Crippen LogP contribution in [-0.2, 0) is 6.42 Å². The van der Waals surface area contributed by atoms with Gasteiger partial charge in [-0.05, 0) is 37.5 Å². The fourth-order valence-corrected chi connectivity index (χ4v) is 2.45. The Kier molecular flexibility index (Phi) is 5.79. The van der Waals surface area contributed by atoms with E-state index < -0.39 is 5.97 Å². The third-order valence-electron chi connectivity index (χ3n) is 3.76. The van der Waals surface area contributed by atoms with Crippen molar-refractivity contribution in [1.82, 2.24) is 4.98 Å². The monoisotopic (exact) mass is 317 g/mol. The molecule has 124 valence electrons. The molecule has 5 heteroatoms. The maximum Gasteiger partial charge on any atom is 0.358 e. The lowest BCUT2D eigenvalue weighted by Gasteiger charge is -2.12. The molecule has 23 heavy (non-hydrogen) atoms. The maximum atomic E-state index is 11.3. The highest BCUT2D eigenvalue weighted by molar-refractivity contribution is 5.99. The van der Waals surface area contributed by atoms with Gasteiger partial charge in [0.2, 0.25) is 0 Å². The lowest BCUT2D eigenvalue weighted by Crippen LogP contribution is -2.05. The number of aromatic carboxylic acids is 1. The van der Waals surface area contributed by atoms with E-state index in [1.807, 2.05) is 12.1 Å². The summed E-state index contributed by atoms with van der Waals surface area (Å²) < 4.78 is 5.65. The van der Waals surface area contributed by atoms with Crippen LogP contribution in [0.4, 0.5) is 0 Å². The molecule has 0 fully saturated rings. The van der Waals surface area contributed by atoms with Crippen LogP contribution in [0.2, 0.25) is 0 Å². The van der Waals surface area contributed by atoms with Crippen molar-refractivity contribution in [1.29, 1.82) is 0 Å². The van der Waals surface area contributed by atoms with E-state index in [9.17, 15) is 15.0 Å². The zero-order valence-corrected chi connectivity index (χ0v) is 13.6. The lowest BCUT2D eigenvalue weighted by molar-refractivity contribution is 0.0687. The molecular formula is C18H23NO4. The Morgan fingerprint density at radius 1 is 1.17 bits per heavy atom. The first-order valence-corrected chi connectivity index (χ1v) is 8.10. The number of unbranched alkanes of at least 4 members (excludes halogenated alkanes) is 2. The van der Waals surface area contributed by atoms with Crippen molar-refractivity contribution in [2.24, 2.45) is 0 Å². The number of pyridine rings is 1. The summed E-state index contributed by atoms with van der Waals surface area (Å²) in [6.45, 7) is 4.75. The summed E-state index contributed by atoms with van der Waals surface area (Å²) in [5, 5.41) is 20.8. The number of aromatic nitrogens is 1. The molecule has 1 aromatic carbocycles. The van der Waals surface area contributed by atoms with E-state index in [0.29, 0.717) is 29.9 Å². The molecule has 0 radical (unpaired) electrons. The molecule has 0 aliphatic heterocycles. The number of carboxylic acid groups (broad SMARTS) is 1. The van der Waals surface area contributed by atoms with Crippen molar-refractivity contribution in [2.45, 2.75) is 46.0 Å². The average Bonchev–Trinajstić information content (AvgIpc) is 2.54. The molecule has 2 rings (SSSR count). The Morgan fingerprint density at radius 3 is 2.57 bits per heavy atom. The summed E-state index contributed by atoms with van der Waals surface area (Å²) in [4.78, 5) is 15.5. The number of carboxylic acids is 1. The second kappa shape index (κ2) is 7.81. The Hall–Kier alpha value is -2.30. The lowest BCUT2D eigenvalue weighted by atomic mass is 10.0. The predicted octanol–water partition coefficient (Wildman–Crippen LogP) is 4.16. The van der Waals surface area contributed by atoms with Crippen LogP contribution in [0.3, 0.4) is 0 Å². The number of rotatable bonds is 8. The molecule has 0 saturated carbocycles. The van der Waals surface area contributed by atoms with Gasteiger partial charge >= 0.3 is 5.97 Å². The highest BCUT2D eigenvalue weighted by Crippen LogP contribution is 2.33. The van der Waals surface area contributed by atoms with Gasteiger partial charge in [0, 0.05) is 16.5 Å². The molecule has 2 aromatic rings. The number of hydrogen-bond acceptors (Lipinski definition) is 4. The third-order valence-corrected chi connectivity index (χ3v) is 3.76.